The lowest BCUT2D eigenvalue weighted by atomic mass is 10.2. The fraction of sp³-hybridized carbons (Fsp3) is 0.500. The summed E-state index contributed by atoms with van der Waals surface area (Å²) in [5.41, 5.74) is 0. The quantitative estimate of drug-likeness (QED) is 0.921. The molecule has 1 N–H and O–H groups in total. The molecule has 5 heteroatoms. The first kappa shape index (κ1) is 14.2. The predicted octanol–water partition coefficient (Wildman–Crippen LogP) is 1.93. The van der Waals surface area contributed by atoms with Crippen LogP contribution in [0.25, 0.3) is 0 Å². The first-order valence-corrected chi connectivity index (χ1v) is 6.90. The number of carbonyl (C=O) groups excluding carboxylic acids is 1. The Labute approximate surface area is 118 Å². The van der Waals surface area contributed by atoms with Crippen LogP contribution in [0.15, 0.2) is 24.3 Å². The van der Waals surface area contributed by atoms with Gasteiger partial charge in [0.25, 0.3) is 5.91 Å². The van der Waals surface area contributed by atoms with E-state index in [-0.39, 0.29) is 11.9 Å². The van der Waals surface area contributed by atoms with Crippen LogP contribution in [0.5, 0.6) is 5.75 Å². The van der Waals surface area contributed by atoms with Crippen LogP contribution in [0, 0.1) is 0 Å². The molecule has 1 fully saturated rings. The van der Waals surface area contributed by atoms with Crippen molar-refractivity contribution < 1.29 is 9.53 Å². The maximum absolute atomic E-state index is 12.4. The number of ether oxygens (including phenoxy) is 1. The third kappa shape index (κ3) is 3.39. The van der Waals surface area contributed by atoms with Crippen LogP contribution in [-0.2, 0) is 4.79 Å². The number of halogens is 1. The standard InChI is InChI=1S/C14H19ClN2O2/c1-10-9-16-7-8-17(10)14(18)11(2)19-13-6-4-3-5-12(13)15/h3-6,10-11,16H,7-9H2,1-2H3/t10-,11+/m1/s1. The van der Waals surface area contributed by atoms with Gasteiger partial charge in [0.05, 0.1) is 5.02 Å². The zero-order valence-corrected chi connectivity index (χ0v) is 12.0. The van der Waals surface area contributed by atoms with Crippen molar-refractivity contribution in [2.24, 2.45) is 0 Å². The molecular weight excluding hydrogens is 264 g/mol. The first-order valence-electron chi connectivity index (χ1n) is 6.52. The second-order valence-corrected chi connectivity index (χ2v) is 5.18. The van der Waals surface area contributed by atoms with Crippen molar-refractivity contribution in [2.75, 3.05) is 19.6 Å². The largest absolute Gasteiger partial charge is 0.479 e. The van der Waals surface area contributed by atoms with Gasteiger partial charge in [-0.2, -0.15) is 0 Å². The monoisotopic (exact) mass is 282 g/mol. The summed E-state index contributed by atoms with van der Waals surface area (Å²) in [6.07, 6.45) is -0.527. The smallest absolute Gasteiger partial charge is 0.263 e. The number of amides is 1. The molecular formula is C14H19ClN2O2. The van der Waals surface area contributed by atoms with Gasteiger partial charge in [-0.05, 0) is 26.0 Å². The van der Waals surface area contributed by atoms with E-state index < -0.39 is 6.10 Å². The van der Waals surface area contributed by atoms with Gasteiger partial charge < -0.3 is 15.0 Å². The second kappa shape index (κ2) is 6.26. The number of rotatable bonds is 3. The van der Waals surface area contributed by atoms with Crippen molar-refractivity contribution in [2.45, 2.75) is 26.0 Å². The van der Waals surface area contributed by atoms with Gasteiger partial charge in [-0.3, -0.25) is 4.79 Å². The summed E-state index contributed by atoms with van der Waals surface area (Å²) in [6, 6.07) is 7.39. The van der Waals surface area contributed by atoms with Crippen LogP contribution < -0.4 is 10.1 Å². The number of hydrogen-bond donors (Lipinski definition) is 1. The molecule has 1 aliphatic heterocycles. The van der Waals surface area contributed by atoms with E-state index >= 15 is 0 Å². The maximum atomic E-state index is 12.4. The zero-order valence-electron chi connectivity index (χ0n) is 11.2. The van der Waals surface area contributed by atoms with Crippen molar-refractivity contribution >= 4 is 17.5 Å². The van der Waals surface area contributed by atoms with Crippen LogP contribution in [-0.4, -0.2) is 42.6 Å². The van der Waals surface area contributed by atoms with Crippen LogP contribution >= 0.6 is 11.6 Å². The molecule has 1 aromatic rings. The van der Waals surface area contributed by atoms with E-state index in [9.17, 15) is 4.79 Å². The molecule has 1 aromatic carbocycles. The Bertz CT molecular complexity index is 453. The van der Waals surface area contributed by atoms with Crippen LogP contribution in [0.4, 0.5) is 0 Å². The Morgan fingerprint density at radius 3 is 2.95 bits per heavy atom. The molecule has 1 amide bonds. The van der Waals surface area contributed by atoms with E-state index in [0.29, 0.717) is 10.8 Å². The van der Waals surface area contributed by atoms with Crippen LogP contribution in [0.3, 0.4) is 0 Å². The molecule has 2 atom stereocenters. The molecule has 0 radical (unpaired) electrons. The predicted molar refractivity (Wildman–Crippen MR) is 75.6 cm³/mol. The maximum Gasteiger partial charge on any atom is 0.263 e. The summed E-state index contributed by atoms with van der Waals surface area (Å²) in [7, 11) is 0. The topological polar surface area (TPSA) is 41.6 Å². The number of carbonyl (C=O) groups is 1. The molecule has 0 bridgehead atoms. The summed E-state index contributed by atoms with van der Waals surface area (Å²) in [6.45, 7) is 6.17. The summed E-state index contributed by atoms with van der Waals surface area (Å²) < 4.78 is 5.66. The number of nitrogens with one attached hydrogen (secondary N) is 1. The lowest BCUT2D eigenvalue weighted by molar-refractivity contribution is -0.140. The van der Waals surface area contributed by atoms with Gasteiger partial charge in [-0.25, -0.2) is 0 Å². The van der Waals surface area contributed by atoms with Crippen molar-refractivity contribution in [3.63, 3.8) is 0 Å². The molecule has 0 aliphatic carbocycles. The minimum Gasteiger partial charge on any atom is -0.479 e. The van der Waals surface area contributed by atoms with Crippen molar-refractivity contribution in [1.29, 1.82) is 0 Å². The van der Waals surface area contributed by atoms with E-state index in [0.717, 1.165) is 19.6 Å². The van der Waals surface area contributed by atoms with Crippen molar-refractivity contribution in [1.82, 2.24) is 10.2 Å². The van der Waals surface area contributed by atoms with Crippen molar-refractivity contribution in [3.8, 4) is 5.75 Å². The minimum absolute atomic E-state index is 0.00826. The Hall–Kier alpha value is -1.26. The zero-order chi connectivity index (χ0) is 13.8. The van der Waals surface area contributed by atoms with Crippen LogP contribution in [0.1, 0.15) is 13.8 Å². The number of para-hydroxylation sites is 1. The van der Waals surface area contributed by atoms with Gasteiger partial charge >= 0.3 is 0 Å². The Morgan fingerprint density at radius 1 is 1.53 bits per heavy atom. The molecule has 1 aliphatic rings. The Balaban J connectivity index is 2.01. The molecule has 1 heterocycles. The molecule has 4 nitrogen and oxygen atoms in total. The highest BCUT2D eigenvalue weighted by molar-refractivity contribution is 6.32. The summed E-state index contributed by atoms with van der Waals surface area (Å²) in [5, 5.41) is 3.78. The van der Waals surface area contributed by atoms with E-state index in [1.165, 1.54) is 0 Å². The lowest BCUT2D eigenvalue weighted by Crippen LogP contribution is -2.55. The van der Waals surface area contributed by atoms with Crippen molar-refractivity contribution in [3.05, 3.63) is 29.3 Å². The third-order valence-corrected chi connectivity index (χ3v) is 3.58. The molecule has 0 saturated carbocycles. The Morgan fingerprint density at radius 2 is 2.26 bits per heavy atom. The lowest BCUT2D eigenvalue weighted by Gasteiger charge is -2.35. The molecule has 2 rings (SSSR count). The fourth-order valence-corrected chi connectivity index (χ4v) is 2.36. The molecule has 0 aromatic heterocycles. The van der Waals surface area contributed by atoms with E-state index in [1.54, 1.807) is 19.1 Å². The van der Waals surface area contributed by atoms with Gasteiger partial charge in [0.1, 0.15) is 5.75 Å². The normalized spacial score (nSPS) is 21.0. The SMILES string of the molecule is C[C@H](Oc1ccccc1Cl)C(=O)N1CCNC[C@H]1C. The Kier molecular flexibility index (Phi) is 4.66. The van der Waals surface area contributed by atoms with E-state index in [2.05, 4.69) is 5.32 Å². The van der Waals surface area contributed by atoms with E-state index in [4.69, 9.17) is 16.3 Å². The van der Waals surface area contributed by atoms with Gasteiger partial charge in [0, 0.05) is 25.7 Å². The number of piperazine rings is 1. The second-order valence-electron chi connectivity index (χ2n) is 4.78. The van der Waals surface area contributed by atoms with Crippen LogP contribution in [0.2, 0.25) is 5.02 Å². The fourth-order valence-electron chi connectivity index (χ4n) is 2.18. The first-order chi connectivity index (χ1) is 9.09. The molecule has 1 saturated heterocycles. The summed E-state index contributed by atoms with van der Waals surface area (Å²) in [4.78, 5) is 14.2. The third-order valence-electron chi connectivity index (χ3n) is 3.27. The minimum atomic E-state index is -0.527. The molecule has 19 heavy (non-hydrogen) atoms. The summed E-state index contributed by atoms with van der Waals surface area (Å²) >= 11 is 6.03. The highest BCUT2D eigenvalue weighted by Gasteiger charge is 2.28. The number of benzene rings is 1. The number of hydrogen-bond acceptors (Lipinski definition) is 3. The highest BCUT2D eigenvalue weighted by atomic mass is 35.5. The highest BCUT2D eigenvalue weighted by Crippen LogP contribution is 2.24. The molecule has 0 unspecified atom stereocenters. The summed E-state index contributed by atoms with van der Waals surface area (Å²) in [5.74, 6) is 0.557. The average molecular weight is 283 g/mol. The van der Waals surface area contributed by atoms with Gasteiger partial charge in [0.2, 0.25) is 0 Å². The molecule has 0 spiro atoms. The van der Waals surface area contributed by atoms with E-state index in [1.807, 2.05) is 24.0 Å². The molecule has 104 valence electrons. The average Bonchev–Trinajstić information content (AvgIpc) is 2.41. The van der Waals surface area contributed by atoms with Gasteiger partial charge in [-0.15, -0.1) is 0 Å². The van der Waals surface area contributed by atoms with Gasteiger partial charge in [0.15, 0.2) is 6.10 Å². The van der Waals surface area contributed by atoms with Gasteiger partial charge in [-0.1, -0.05) is 23.7 Å². The number of nitrogens with zero attached hydrogens (tertiary/aromatic N) is 1.